The first-order valence-corrected chi connectivity index (χ1v) is 5.79. The van der Waals surface area contributed by atoms with E-state index in [2.05, 4.69) is 12.2 Å². The Bertz CT molecular complexity index is 306. The predicted octanol–water partition coefficient (Wildman–Crippen LogP) is 2.86. The summed E-state index contributed by atoms with van der Waals surface area (Å²) < 4.78 is 5.83. The molecule has 1 saturated heterocycles. The minimum absolute atomic E-state index is 0.216. The van der Waals surface area contributed by atoms with E-state index in [1.165, 1.54) is 12.8 Å². The van der Waals surface area contributed by atoms with Gasteiger partial charge in [0, 0.05) is 11.1 Å². The number of benzene rings is 1. The van der Waals surface area contributed by atoms with Gasteiger partial charge in [0.15, 0.2) is 0 Å². The van der Waals surface area contributed by atoms with Crippen LogP contribution in [0.25, 0.3) is 0 Å². The molecule has 0 saturated carbocycles. The maximum absolute atomic E-state index is 5.83. The Balaban J connectivity index is 1.92. The van der Waals surface area contributed by atoms with E-state index in [-0.39, 0.29) is 6.10 Å². The van der Waals surface area contributed by atoms with E-state index in [1.807, 2.05) is 24.3 Å². The van der Waals surface area contributed by atoms with Crippen LogP contribution in [0.3, 0.4) is 0 Å². The van der Waals surface area contributed by atoms with Crippen LogP contribution >= 0.6 is 11.6 Å². The Hall–Kier alpha value is -0.730. The van der Waals surface area contributed by atoms with Gasteiger partial charge in [0.25, 0.3) is 0 Å². The summed E-state index contributed by atoms with van der Waals surface area (Å²) in [5, 5.41) is 4.18. The molecule has 1 aromatic rings. The van der Waals surface area contributed by atoms with E-state index in [0.29, 0.717) is 6.04 Å². The lowest BCUT2D eigenvalue weighted by Crippen LogP contribution is -2.36. The molecule has 1 N–H and O–H groups in total. The van der Waals surface area contributed by atoms with Crippen molar-refractivity contribution in [1.82, 2.24) is 5.32 Å². The molecule has 1 fully saturated rings. The molecule has 0 amide bonds. The van der Waals surface area contributed by atoms with Crippen molar-refractivity contribution in [2.75, 3.05) is 6.54 Å². The minimum Gasteiger partial charge on any atom is -0.489 e. The fraction of sp³-hybridized carbons (Fsp3) is 0.500. The van der Waals surface area contributed by atoms with Crippen LogP contribution in [0, 0.1) is 0 Å². The van der Waals surface area contributed by atoms with Crippen molar-refractivity contribution in [3.05, 3.63) is 29.3 Å². The van der Waals surface area contributed by atoms with Crippen molar-refractivity contribution in [2.24, 2.45) is 0 Å². The van der Waals surface area contributed by atoms with Crippen molar-refractivity contribution < 1.29 is 4.74 Å². The first-order valence-electron chi connectivity index (χ1n) is 5.41. The zero-order chi connectivity index (χ0) is 10.7. The van der Waals surface area contributed by atoms with Crippen LogP contribution in [0.1, 0.15) is 19.8 Å². The van der Waals surface area contributed by atoms with E-state index in [1.54, 1.807) is 0 Å². The van der Waals surface area contributed by atoms with E-state index >= 15 is 0 Å². The highest BCUT2D eigenvalue weighted by Crippen LogP contribution is 2.19. The Kier molecular flexibility index (Phi) is 3.49. The Morgan fingerprint density at radius 1 is 1.40 bits per heavy atom. The Labute approximate surface area is 95.6 Å². The maximum Gasteiger partial charge on any atom is 0.119 e. The normalized spacial score (nSPS) is 22.7. The zero-order valence-electron chi connectivity index (χ0n) is 8.87. The van der Waals surface area contributed by atoms with E-state index in [9.17, 15) is 0 Å². The summed E-state index contributed by atoms with van der Waals surface area (Å²) in [6, 6.07) is 8.01. The van der Waals surface area contributed by atoms with E-state index < -0.39 is 0 Å². The smallest absolute Gasteiger partial charge is 0.119 e. The van der Waals surface area contributed by atoms with E-state index in [4.69, 9.17) is 16.3 Å². The zero-order valence-corrected chi connectivity index (χ0v) is 9.63. The minimum atomic E-state index is 0.216. The van der Waals surface area contributed by atoms with Crippen LogP contribution in [0.15, 0.2) is 24.3 Å². The quantitative estimate of drug-likeness (QED) is 0.854. The first kappa shape index (κ1) is 10.8. The van der Waals surface area contributed by atoms with Gasteiger partial charge in [0.2, 0.25) is 0 Å². The largest absolute Gasteiger partial charge is 0.489 e. The van der Waals surface area contributed by atoms with Crippen molar-refractivity contribution in [2.45, 2.75) is 31.9 Å². The first-order chi connectivity index (χ1) is 7.25. The highest BCUT2D eigenvalue weighted by atomic mass is 35.5. The van der Waals surface area contributed by atoms with Crippen molar-refractivity contribution >= 4 is 11.6 Å². The molecule has 82 valence electrons. The monoisotopic (exact) mass is 225 g/mol. The van der Waals surface area contributed by atoms with Crippen LogP contribution in [-0.2, 0) is 0 Å². The molecule has 0 radical (unpaired) electrons. The van der Waals surface area contributed by atoms with Crippen molar-refractivity contribution in [1.29, 1.82) is 0 Å². The number of nitrogens with one attached hydrogen (secondary N) is 1. The van der Waals surface area contributed by atoms with Gasteiger partial charge >= 0.3 is 0 Å². The second kappa shape index (κ2) is 4.86. The summed E-state index contributed by atoms with van der Waals surface area (Å²) in [4.78, 5) is 0. The van der Waals surface area contributed by atoms with Gasteiger partial charge in [-0.1, -0.05) is 11.6 Å². The van der Waals surface area contributed by atoms with Crippen LogP contribution in [-0.4, -0.2) is 18.7 Å². The summed E-state index contributed by atoms with van der Waals surface area (Å²) in [5.74, 6) is 0.889. The molecular weight excluding hydrogens is 210 g/mol. The van der Waals surface area contributed by atoms with Crippen LogP contribution < -0.4 is 10.1 Å². The maximum atomic E-state index is 5.83. The summed E-state index contributed by atoms with van der Waals surface area (Å²) in [7, 11) is 0. The van der Waals surface area contributed by atoms with Gasteiger partial charge in [-0.25, -0.2) is 0 Å². The SMILES string of the molecule is CC(Oc1ccc(Cl)cc1)C1CCCN1. The topological polar surface area (TPSA) is 21.3 Å². The molecule has 3 heteroatoms. The second-order valence-corrected chi connectivity index (χ2v) is 4.42. The molecular formula is C12H16ClNO. The van der Waals surface area contributed by atoms with Gasteiger partial charge in [0.1, 0.15) is 11.9 Å². The van der Waals surface area contributed by atoms with Gasteiger partial charge in [-0.15, -0.1) is 0 Å². The van der Waals surface area contributed by atoms with Crippen molar-refractivity contribution in [3.63, 3.8) is 0 Å². The summed E-state index contributed by atoms with van der Waals surface area (Å²) in [6.45, 7) is 3.22. The second-order valence-electron chi connectivity index (χ2n) is 3.98. The lowest BCUT2D eigenvalue weighted by molar-refractivity contribution is 0.180. The number of hydrogen-bond donors (Lipinski definition) is 1. The molecule has 1 aromatic carbocycles. The number of hydrogen-bond acceptors (Lipinski definition) is 2. The third kappa shape index (κ3) is 2.86. The van der Waals surface area contributed by atoms with Crippen LogP contribution in [0.4, 0.5) is 0 Å². The fourth-order valence-electron chi connectivity index (χ4n) is 1.92. The molecule has 15 heavy (non-hydrogen) atoms. The fourth-order valence-corrected chi connectivity index (χ4v) is 2.05. The molecule has 2 atom stereocenters. The summed E-state index contributed by atoms with van der Waals surface area (Å²) >= 11 is 5.81. The van der Waals surface area contributed by atoms with Crippen molar-refractivity contribution in [3.8, 4) is 5.75 Å². The lowest BCUT2D eigenvalue weighted by Gasteiger charge is -2.21. The molecule has 1 aliphatic rings. The van der Waals surface area contributed by atoms with Gasteiger partial charge in [-0.05, 0) is 50.6 Å². The summed E-state index contributed by atoms with van der Waals surface area (Å²) in [5.41, 5.74) is 0. The predicted molar refractivity (Wildman–Crippen MR) is 62.6 cm³/mol. The number of halogens is 1. The van der Waals surface area contributed by atoms with Crippen LogP contribution in [0.5, 0.6) is 5.75 Å². The number of rotatable bonds is 3. The highest BCUT2D eigenvalue weighted by Gasteiger charge is 2.21. The molecule has 2 unspecified atom stereocenters. The standard InChI is InChI=1S/C12H16ClNO/c1-9(12-3-2-8-14-12)15-11-6-4-10(13)5-7-11/h4-7,9,12,14H,2-3,8H2,1H3. The highest BCUT2D eigenvalue weighted by molar-refractivity contribution is 6.30. The molecule has 1 heterocycles. The van der Waals surface area contributed by atoms with Gasteiger partial charge < -0.3 is 10.1 Å². The molecule has 2 rings (SSSR count). The molecule has 2 nitrogen and oxygen atoms in total. The van der Waals surface area contributed by atoms with E-state index in [0.717, 1.165) is 17.3 Å². The molecule has 0 aromatic heterocycles. The third-order valence-electron chi connectivity index (χ3n) is 2.80. The summed E-state index contributed by atoms with van der Waals surface area (Å²) in [6.07, 6.45) is 2.67. The van der Waals surface area contributed by atoms with Gasteiger partial charge in [0.05, 0.1) is 0 Å². The van der Waals surface area contributed by atoms with Gasteiger partial charge in [-0.2, -0.15) is 0 Å². The Morgan fingerprint density at radius 2 is 2.13 bits per heavy atom. The third-order valence-corrected chi connectivity index (χ3v) is 3.05. The van der Waals surface area contributed by atoms with Crippen LogP contribution in [0.2, 0.25) is 5.02 Å². The molecule has 0 spiro atoms. The molecule has 0 bridgehead atoms. The number of ether oxygens (including phenoxy) is 1. The van der Waals surface area contributed by atoms with Gasteiger partial charge in [-0.3, -0.25) is 0 Å². The molecule has 1 aliphatic heterocycles. The average Bonchev–Trinajstić information content (AvgIpc) is 2.74. The average molecular weight is 226 g/mol. The lowest BCUT2D eigenvalue weighted by atomic mass is 10.1. The Morgan fingerprint density at radius 3 is 2.73 bits per heavy atom. The molecule has 0 aliphatic carbocycles.